The van der Waals surface area contributed by atoms with Crippen LogP contribution in [0, 0.1) is 0 Å². The minimum Gasteiger partial charge on any atom is -0.756 e. The Morgan fingerprint density at radius 2 is 0.900 bits per heavy atom. The lowest BCUT2D eigenvalue weighted by Crippen LogP contribution is -2.45. The summed E-state index contributed by atoms with van der Waals surface area (Å²) in [5, 5.41) is 13.8. The molecule has 0 rings (SSSR count). The van der Waals surface area contributed by atoms with E-state index in [9.17, 15) is 19.4 Å². The third-order valence-electron chi connectivity index (χ3n) is 12.0. The van der Waals surface area contributed by atoms with Crippen LogP contribution in [0.15, 0.2) is 12.2 Å². The molecule has 1 amide bonds. The van der Waals surface area contributed by atoms with Gasteiger partial charge in [0, 0.05) is 6.42 Å². The van der Waals surface area contributed by atoms with Crippen molar-refractivity contribution in [3.05, 3.63) is 12.2 Å². The van der Waals surface area contributed by atoms with Crippen molar-refractivity contribution < 1.29 is 32.9 Å². The quantitative estimate of drug-likeness (QED) is 0.0273. The molecule has 3 unspecified atom stereocenters. The molecule has 8 nitrogen and oxygen atoms in total. The SMILES string of the molecule is CCCCCCCCCCCCCCCCCCCCCCCCCC/C=C/C(O)C(COP(=O)([O-])OCC[N+](C)(C)C)NC(=O)CCCCCCCCCCCCCC. The molecule has 0 heterocycles. The third-order valence-corrected chi connectivity index (χ3v) is 13.0. The highest BCUT2D eigenvalue weighted by Crippen LogP contribution is 2.38. The zero-order valence-corrected chi connectivity index (χ0v) is 41.6. The van der Waals surface area contributed by atoms with Gasteiger partial charge in [-0.15, -0.1) is 0 Å². The summed E-state index contributed by atoms with van der Waals surface area (Å²) in [5.74, 6) is -0.195. The molecule has 0 aliphatic rings. The molecule has 2 N–H and O–H groups in total. The number of phosphoric ester groups is 1. The highest BCUT2D eigenvalue weighted by Gasteiger charge is 2.23. The minimum atomic E-state index is -4.58. The molecule has 0 aliphatic carbocycles. The fraction of sp³-hybridized carbons (Fsp3) is 0.941. The average molecular weight is 871 g/mol. The molecule has 9 heteroatoms. The Labute approximate surface area is 373 Å². The summed E-state index contributed by atoms with van der Waals surface area (Å²) in [6, 6.07) is -0.880. The van der Waals surface area contributed by atoms with Crippen LogP contribution in [0.3, 0.4) is 0 Å². The predicted octanol–water partition coefficient (Wildman–Crippen LogP) is 14.5. The Kier molecular flexibility index (Phi) is 42.9. The van der Waals surface area contributed by atoms with Gasteiger partial charge in [-0.2, -0.15) is 0 Å². The first-order chi connectivity index (χ1) is 29.0. The maximum absolute atomic E-state index is 12.9. The van der Waals surface area contributed by atoms with E-state index in [0.717, 1.165) is 38.5 Å². The number of hydrogen-bond acceptors (Lipinski definition) is 6. The smallest absolute Gasteiger partial charge is 0.268 e. The number of rotatable bonds is 48. The molecule has 0 aromatic carbocycles. The van der Waals surface area contributed by atoms with Crippen LogP contribution in [0.25, 0.3) is 0 Å². The molecule has 60 heavy (non-hydrogen) atoms. The van der Waals surface area contributed by atoms with Gasteiger partial charge < -0.3 is 28.8 Å². The van der Waals surface area contributed by atoms with Crippen molar-refractivity contribution in [2.24, 2.45) is 0 Å². The van der Waals surface area contributed by atoms with Crippen molar-refractivity contribution in [1.29, 1.82) is 0 Å². The van der Waals surface area contributed by atoms with Crippen LogP contribution in [0.2, 0.25) is 0 Å². The van der Waals surface area contributed by atoms with Gasteiger partial charge in [-0.3, -0.25) is 9.36 Å². The first-order valence-electron chi connectivity index (χ1n) is 26.1. The van der Waals surface area contributed by atoms with Crippen molar-refractivity contribution in [2.45, 2.75) is 270 Å². The largest absolute Gasteiger partial charge is 0.756 e. The molecule has 0 fully saturated rings. The summed E-state index contributed by atoms with van der Waals surface area (Å²) >= 11 is 0. The van der Waals surface area contributed by atoms with E-state index < -0.39 is 20.0 Å². The Morgan fingerprint density at radius 1 is 0.567 bits per heavy atom. The van der Waals surface area contributed by atoms with E-state index in [1.807, 2.05) is 27.2 Å². The van der Waals surface area contributed by atoms with Crippen molar-refractivity contribution in [3.8, 4) is 0 Å². The predicted molar refractivity (Wildman–Crippen MR) is 256 cm³/mol. The monoisotopic (exact) mass is 871 g/mol. The first kappa shape index (κ1) is 59.2. The summed E-state index contributed by atoms with van der Waals surface area (Å²) < 4.78 is 23.3. The van der Waals surface area contributed by atoms with E-state index in [4.69, 9.17) is 9.05 Å². The number of amides is 1. The molecule has 0 aromatic rings. The van der Waals surface area contributed by atoms with Crippen LogP contribution in [0.4, 0.5) is 0 Å². The maximum atomic E-state index is 12.9. The Hall–Kier alpha value is -0.760. The molecule has 0 aromatic heterocycles. The fourth-order valence-corrected chi connectivity index (χ4v) is 8.58. The Balaban J connectivity index is 4.16. The highest BCUT2D eigenvalue weighted by molar-refractivity contribution is 7.45. The fourth-order valence-electron chi connectivity index (χ4n) is 7.86. The number of aliphatic hydroxyl groups excluding tert-OH is 1. The van der Waals surface area contributed by atoms with Gasteiger partial charge in [-0.05, 0) is 19.3 Å². The molecule has 0 saturated heterocycles. The number of nitrogens with zero attached hydrogens (tertiary/aromatic N) is 1. The number of allylic oxidation sites excluding steroid dienone is 1. The highest BCUT2D eigenvalue weighted by atomic mass is 31.2. The van der Waals surface area contributed by atoms with E-state index >= 15 is 0 Å². The zero-order valence-electron chi connectivity index (χ0n) is 40.7. The lowest BCUT2D eigenvalue weighted by molar-refractivity contribution is -0.870. The van der Waals surface area contributed by atoms with Gasteiger partial charge in [0.15, 0.2) is 0 Å². The lowest BCUT2D eigenvalue weighted by Gasteiger charge is -2.29. The maximum Gasteiger partial charge on any atom is 0.268 e. The van der Waals surface area contributed by atoms with Gasteiger partial charge in [0.05, 0.1) is 39.9 Å². The summed E-state index contributed by atoms with van der Waals surface area (Å²) in [5.41, 5.74) is 0. The number of likely N-dealkylation sites (N-methyl/N-ethyl adjacent to an activating group) is 1. The Bertz CT molecular complexity index is 989. The normalized spacial score (nSPS) is 14.2. The summed E-state index contributed by atoms with van der Waals surface area (Å²) in [6.07, 6.45) is 51.4. The van der Waals surface area contributed by atoms with Crippen molar-refractivity contribution >= 4 is 13.7 Å². The molecule has 0 bridgehead atoms. The summed E-state index contributed by atoms with van der Waals surface area (Å²) in [6.45, 7) is 4.67. The van der Waals surface area contributed by atoms with E-state index in [-0.39, 0.29) is 19.1 Å². The van der Waals surface area contributed by atoms with Crippen LogP contribution in [0.5, 0.6) is 0 Å². The van der Waals surface area contributed by atoms with E-state index in [1.165, 1.54) is 199 Å². The lowest BCUT2D eigenvalue weighted by atomic mass is 10.0. The zero-order chi connectivity index (χ0) is 44.3. The number of hydrogen-bond donors (Lipinski definition) is 2. The summed E-state index contributed by atoms with van der Waals surface area (Å²) in [4.78, 5) is 25.3. The number of carbonyl (C=O) groups is 1. The van der Waals surface area contributed by atoms with Gasteiger partial charge in [-0.25, -0.2) is 0 Å². The second-order valence-electron chi connectivity index (χ2n) is 19.2. The molecule has 0 saturated carbocycles. The van der Waals surface area contributed by atoms with Gasteiger partial charge >= 0.3 is 0 Å². The summed E-state index contributed by atoms with van der Waals surface area (Å²) in [7, 11) is 1.27. The second kappa shape index (κ2) is 43.5. The van der Waals surface area contributed by atoms with Crippen LogP contribution < -0.4 is 10.2 Å². The van der Waals surface area contributed by atoms with Crippen molar-refractivity contribution in [2.75, 3.05) is 40.9 Å². The van der Waals surface area contributed by atoms with E-state index in [0.29, 0.717) is 17.4 Å². The molecular weight excluding hydrogens is 768 g/mol. The standard InChI is InChI=1S/C51H103N2O6P/c1-6-8-10-12-14-16-18-20-21-22-23-24-25-26-27-28-29-30-31-32-33-34-36-38-40-42-44-50(54)49(48-59-60(56,57)58-47-46-53(3,4)5)52-51(55)45-43-41-39-37-35-19-17-15-13-11-9-7-2/h42,44,49-50,54H,6-41,43,45-48H2,1-5H3,(H-,52,55,56,57)/b44-42+. The van der Waals surface area contributed by atoms with Gasteiger partial charge in [0.2, 0.25) is 5.91 Å². The number of phosphoric acid groups is 1. The molecule has 358 valence electrons. The topological polar surface area (TPSA) is 108 Å². The van der Waals surface area contributed by atoms with Crippen LogP contribution >= 0.6 is 7.82 Å². The average Bonchev–Trinajstić information content (AvgIpc) is 3.20. The van der Waals surface area contributed by atoms with Crippen LogP contribution in [-0.4, -0.2) is 68.5 Å². The number of aliphatic hydroxyl groups is 1. The molecule has 0 spiro atoms. The third kappa shape index (κ3) is 45.3. The number of nitrogens with one attached hydrogen (secondary N) is 1. The number of carbonyl (C=O) groups excluding carboxylic acids is 1. The van der Waals surface area contributed by atoms with Gasteiger partial charge in [-0.1, -0.05) is 244 Å². The molecule has 0 radical (unpaired) electrons. The molecular formula is C51H103N2O6P. The van der Waals surface area contributed by atoms with Gasteiger partial charge in [0.25, 0.3) is 7.82 Å². The number of unbranched alkanes of at least 4 members (excludes halogenated alkanes) is 35. The van der Waals surface area contributed by atoms with Gasteiger partial charge in [0.1, 0.15) is 13.2 Å². The molecule has 3 atom stereocenters. The molecule has 0 aliphatic heterocycles. The second-order valence-corrected chi connectivity index (χ2v) is 20.7. The first-order valence-corrected chi connectivity index (χ1v) is 27.5. The van der Waals surface area contributed by atoms with Crippen molar-refractivity contribution in [1.82, 2.24) is 5.32 Å². The Morgan fingerprint density at radius 3 is 1.25 bits per heavy atom. The van der Waals surface area contributed by atoms with Crippen LogP contribution in [0.1, 0.15) is 258 Å². The number of quaternary nitrogens is 1. The van der Waals surface area contributed by atoms with E-state index in [1.54, 1.807) is 6.08 Å². The van der Waals surface area contributed by atoms with E-state index in [2.05, 4.69) is 19.2 Å². The minimum absolute atomic E-state index is 0.00229. The van der Waals surface area contributed by atoms with Crippen molar-refractivity contribution in [3.63, 3.8) is 0 Å². The van der Waals surface area contributed by atoms with Crippen LogP contribution in [-0.2, 0) is 18.4 Å².